The van der Waals surface area contributed by atoms with Crippen molar-refractivity contribution in [3.8, 4) is 0 Å². The van der Waals surface area contributed by atoms with Crippen molar-refractivity contribution in [2.45, 2.75) is 51.4 Å². The van der Waals surface area contributed by atoms with Gasteiger partial charge in [-0.15, -0.1) is 0 Å². The quantitative estimate of drug-likeness (QED) is 0.724. The Bertz CT molecular complexity index is 184. The van der Waals surface area contributed by atoms with Gasteiger partial charge >= 0.3 is 0 Å². The predicted molar refractivity (Wildman–Crippen MR) is 64.1 cm³/mol. The number of halogens is 1. The zero-order valence-corrected chi connectivity index (χ0v) is 11.3. The van der Waals surface area contributed by atoms with Crippen molar-refractivity contribution in [1.82, 2.24) is 4.90 Å². The van der Waals surface area contributed by atoms with Gasteiger partial charge in [0.25, 0.3) is 0 Å². The van der Waals surface area contributed by atoms with Gasteiger partial charge in [0.05, 0.1) is 11.7 Å². The van der Waals surface area contributed by atoms with Crippen LogP contribution in [0, 0.1) is 0 Å². The van der Waals surface area contributed by atoms with Crippen LogP contribution in [0.25, 0.3) is 0 Å². The molecule has 0 amide bonds. The largest absolute Gasteiger partial charge is 0.371 e. The van der Waals surface area contributed by atoms with Crippen molar-refractivity contribution in [3.05, 3.63) is 0 Å². The molecule has 0 bridgehead atoms. The van der Waals surface area contributed by atoms with Crippen molar-refractivity contribution in [2.75, 3.05) is 18.9 Å². The maximum absolute atomic E-state index is 5.96. The van der Waals surface area contributed by atoms with Crippen LogP contribution in [0.2, 0.25) is 0 Å². The van der Waals surface area contributed by atoms with Crippen LogP contribution < -0.4 is 0 Å². The Hall–Kier alpha value is 0.400. The summed E-state index contributed by atoms with van der Waals surface area (Å²) < 4.78 is 5.96. The van der Waals surface area contributed by atoms with Crippen molar-refractivity contribution in [3.63, 3.8) is 0 Å². The summed E-state index contributed by atoms with van der Waals surface area (Å²) in [4.78, 5) is 2.36. The molecule has 1 fully saturated rings. The highest BCUT2D eigenvalue weighted by molar-refractivity contribution is 9.09. The summed E-state index contributed by atoms with van der Waals surface area (Å²) in [7, 11) is 2.17. The molecule has 1 saturated heterocycles. The molecule has 2 nitrogen and oxygen atoms in total. The molecule has 0 spiro atoms. The van der Waals surface area contributed by atoms with E-state index in [1.165, 1.54) is 12.8 Å². The summed E-state index contributed by atoms with van der Waals surface area (Å²) in [5.74, 6) is 0. The van der Waals surface area contributed by atoms with Gasteiger partial charge in [0, 0.05) is 17.9 Å². The Morgan fingerprint density at radius 3 is 2.64 bits per heavy atom. The minimum atomic E-state index is 0.100. The minimum absolute atomic E-state index is 0.100. The first-order valence-corrected chi connectivity index (χ1v) is 6.51. The highest BCUT2D eigenvalue weighted by Crippen LogP contribution is 2.29. The molecule has 0 N–H and O–H groups in total. The summed E-state index contributed by atoms with van der Waals surface area (Å²) in [6.45, 7) is 7.65. The first-order valence-electron chi connectivity index (χ1n) is 5.38. The molecule has 0 radical (unpaired) electrons. The zero-order valence-electron chi connectivity index (χ0n) is 9.72. The smallest absolute Gasteiger partial charge is 0.0710 e. The lowest BCUT2D eigenvalue weighted by Gasteiger charge is -2.27. The number of ether oxygens (including phenoxy) is 1. The van der Waals surface area contributed by atoms with Crippen LogP contribution in [0.1, 0.15) is 33.6 Å². The number of nitrogens with zero attached hydrogens (tertiary/aromatic N) is 1. The van der Waals surface area contributed by atoms with Crippen LogP contribution in [0.3, 0.4) is 0 Å². The maximum atomic E-state index is 5.96. The van der Waals surface area contributed by atoms with E-state index in [-0.39, 0.29) is 5.60 Å². The van der Waals surface area contributed by atoms with Gasteiger partial charge in [-0.2, -0.15) is 0 Å². The Morgan fingerprint density at radius 2 is 2.21 bits per heavy atom. The summed E-state index contributed by atoms with van der Waals surface area (Å²) in [5, 5.41) is 1.03. The van der Waals surface area contributed by atoms with E-state index < -0.39 is 0 Å². The van der Waals surface area contributed by atoms with Crippen molar-refractivity contribution in [2.24, 2.45) is 0 Å². The van der Waals surface area contributed by atoms with E-state index in [0.29, 0.717) is 12.1 Å². The third-order valence-corrected chi connectivity index (χ3v) is 3.96. The molecule has 1 aliphatic heterocycles. The molecule has 0 aromatic carbocycles. The molecule has 14 heavy (non-hydrogen) atoms. The molecule has 2 unspecified atom stereocenters. The average molecular weight is 264 g/mol. The van der Waals surface area contributed by atoms with Gasteiger partial charge in [0.2, 0.25) is 0 Å². The third kappa shape index (κ3) is 3.52. The molecule has 0 aliphatic carbocycles. The second-order valence-corrected chi connectivity index (χ2v) is 5.63. The van der Waals surface area contributed by atoms with Crippen LogP contribution in [-0.4, -0.2) is 41.6 Å². The lowest BCUT2D eigenvalue weighted by atomic mass is 10.1. The summed E-state index contributed by atoms with van der Waals surface area (Å²) in [5.41, 5.74) is 0.100. The minimum Gasteiger partial charge on any atom is -0.371 e. The standard InChI is InChI=1S/C11H22BrNO/c1-9(7-12)13(4)8-10-5-6-11(2,3)14-10/h9-10H,5-8H2,1-4H3. The van der Waals surface area contributed by atoms with Crippen LogP contribution in [0.5, 0.6) is 0 Å². The molecule has 0 saturated carbocycles. The van der Waals surface area contributed by atoms with E-state index in [2.05, 4.69) is 48.6 Å². The van der Waals surface area contributed by atoms with Crippen molar-refractivity contribution in [1.29, 1.82) is 0 Å². The highest BCUT2D eigenvalue weighted by atomic mass is 79.9. The monoisotopic (exact) mass is 263 g/mol. The average Bonchev–Trinajstić information content (AvgIpc) is 2.44. The van der Waals surface area contributed by atoms with Gasteiger partial charge in [0.1, 0.15) is 0 Å². The zero-order chi connectivity index (χ0) is 10.8. The van der Waals surface area contributed by atoms with Gasteiger partial charge in [-0.1, -0.05) is 15.9 Å². The molecule has 2 atom stereocenters. The second kappa shape index (κ2) is 4.95. The van der Waals surface area contributed by atoms with E-state index in [4.69, 9.17) is 4.74 Å². The Kier molecular flexibility index (Phi) is 4.41. The van der Waals surface area contributed by atoms with E-state index in [1.807, 2.05) is 0 Å². The molecule has 84 valence electrons. The third-order valence-electron chi connectivity index (χ3n) is 3.02. The number of alkyl halides is 1. The van der Waals surface area contributed by atoms with Crippen LogP contribution in [0.15, 0.2) is 0 Å². The normalized spacial score (nSPS) is 28.3. The van der Waals surface area contributed by atoms with Gasteiger partial charge < -0.3 is 9.64 Å². The maximum Gasteiger partial charge on any atom is 0.0710 e. The highest BCUT2D eigenvalue weighted by Gasteiger charge is 2.32. The molecule has 0 aromatic heterocycles. The van der Waals surface area contributed by atoms with E-state index in [1.54, 1.807) is 0 Å². The number of hydrogen-bond donors (Lipinski definition) is 0. The van der Waals surface area contributed by atoms with Gasteiger partial charge in [-0.3, -0.25) is 0 Å². The van der Waals surface area contributed by atoms with Crippen LogP contribution in [0.4, 0.5) is 0 Å². The van der Waals surface area contributed by atoms with Gasteiger partial charge in [-0.25, -0.2) is 0 Å². The predicted octanol–water partition coefficient (Wildman–Crippen LogP) is 2.66. The molecule has 1 heterocycles. The fraction of sp³-hybridized carbons (Fsp3) is 1.00. The van der Waals surface area contributed by atoms with E-state index in [9.17, 15) is 0 Å². The first-order chi connectivity index (χ1) is 6.44. The summed E-state index contributed by atoms with van der Waals surface area (Å²) in [6, 6.07) is 0.585. The number of likely N-dealkylation sites (N-methyl/N-ethyl adjacent to an activating group) is 1. The van der Waals surface area contributed by atoms with Crippen LogP contribution >= 0.6 is 15.9 Å². The number of hydrogen-bond acceptors (Lipinski definition) is 2. The summed E-state index contributed by atoms with van der Waals surface area (Å²) >= 11 is 3.50. The fourth-order valence-corrected chi connectivity index (χ4v) is 2.32. The molecular weight excluding hydrogens is 242 g/mol. The molecule has 1 rings (SSSR count). The Labute approximate surface area is 96.1 Å². The van der Waals surface area contributed by atoms with Crippen LogP contribution in [-0.2, 0) is 4.74 Å². The lowest BCUT2D eigenvalue weighted by Crippen LogP contribution is -2.37. The Balaban J connectivity index is 2.32. The second-order valence-electron chi connectivity index (χ2n) is 4.98. The van der Waals surface area contributed by atoms with E-state index in [0.717, 1.165) is 11.9 Å². The molecule has 3 heteroatoms. The SMILES string of the molecule is CC(CBr)N(C)CC1CCC(C)(C)O1. The molecule has 1 aliphatic rings. The fourth-order valence-electron chi connectivity index (χ4n) is 1.83. The lowest BCUT2D eigenvalue weighted by molar-refractivity contribution is -0.0285. The molecule has 0 aromatic rings. The molecular formula is C11H22BrNO. The van der Waals surface area contributed by atoms with E-state index >= 15 is 0 Å². The van der Waals surface area contributed by atoms with Crippen molar-refractivity contribution >= 4 is 15.9 Å². The van der Waals surface area contributed by atoms with Crippen molar-refractivity contribution < 1.29 is 4.74 Å². The Morgan fingerprint density at radius 1 is 1.57 bits per heavy atom. The number of rotatable bonds is 4. The topological polar surface area (TPSA) is 12.5 Å². The van der Waals surface area contributed by atoms with Gasteiger partial charge in [-0.05, 0) is 40.7 Å². The first kappa shape index (κ1) is 12.5. The summed E-state index contributed by atoms with van der Waals surface area (Å²) in [6.07, 6.45) is 2.82. The van der Waals surface area contributed by atoms with Gasteiger partial charge in [0.15, 0.2) is 0 Å².